The van der Waals surface area contributed by atoms with Crippen LogP contribution in [0.4, 0.5) is 0 Å². The number of carbonyl (C=O) groups excluding carboxylic acids is 1. The highest BCUT2D eigenvalue weighted by molar-refractivity contribution is 5.78. The van der Waals surface area contributed by atoms with Gasteiger partial charge in [0.1, 0.15) is 5.41 Å². The highest BCUT2D eigenvalue weighted by Gasteiger charge is 2.47. The lowest BCUT2D eigenvalue weighted by atomic mass is 9.85. The van der Waals surface area contributed by atoms with E-state index < -0.39 is 5.41 Å². The topological polar surface area (TPSA) is 47.6 Å². The van der Waals surface area contributed by atoms with Crippen molar-refractivity contribution < 1.29 is 14.3 Å². The lowest BCUT2D eigenvalue weighted by Gasteiger charge is -2.40. The molecule has 0 aromatic heterocycles. The summed E-state index contributed by atoms with van der Waals surface area (Å²) in [6.45, 7) is 1.70. The first-order valence-electron chi connectivity index (χ1n) is 6.16. The number of rotatable bonds is 4. The standard InChI is InChI=1S/C12H21NO3/c1-15-11(14)12(8-16-9-12)7-13-10-5-3-2-4-6-10/h10,13H,2-9H2,1H3. The Balaban J connectivity index is 1.80. The molecule has 2 fully saturated rings. The third-order valence-electron chi connectivity index (χ3n) is 3.71. The van der Waals surface area contributed by atoms with Gasteiger partial charge in [-0.1, -0.05) is 19.3 Å². The molecule has 0 amide bonds. The molecule has 0 atom stereocenters. The van der Waals surface area contributed by atoms with E-state index in [0.29, 0.717) is 25.8 Å². The van der Waals surface area contributed by atoms with Crippen LogP contribution in [-0.4, -0.2) is 38.9 Å². The van der Waals surface area contributed by atoms with Crippen molar-refractivity contribution in [3.63, 3.8) is 0 Å². The zero-order valence-electron chi connectivity index (χ0n) is 9.96. The summed E-state index contributed by atoms with van der Waals surface area (Å²) in [5.41, 5.74) is -0.411. The number of ether oxygens (including phenoxy) is 2. The summed E-state index contributed by atoms with van der Waals surface area (Å²) in [6.07, 6.45) is 6.43. The Hall–Kier alpha value is -0.610. The van der Waals surface area contributed by atoms with Gasteiger partial charge in [0.15, 0.2) is 0 Å². The molecular weight excluding hydrogens is 206 g/mol. The molecule has 4 heteroatoms. The maximum absolute atomic E-state index is 11.6. The van der Waals surface area contributed by atoms with Crippen molar-refractivity contribution >= 4 is 5.97 Å². The summed E-state index contributed by atoms with van der Waals surface area (Å²) in [4.78, 5) is 11.6. The van der Waals surface area contributed by atoms with E-state index >= 15 is 0 Å². The van der Waals surface area contributed by atoms with Gasteiger partial charge in [-0.05, 0) is 12.8 Å². The van der Waals surface area contributed by atoms with Gasteiger partial charge >= 0.3 is 5.97 Å². The zero-order valence-corrected chi connectivity index (χ0v) is 9.96. The zero-order chi connectivity index (χ0) is 11.4. The minimum absolute atomic E-state index is 0.137. The Morgan fingerprint density at radius 3 is 2.56 bits per heavy atom. The third-order valence-corrected chi connectivity index (χ3v) is 3.71. The molecule has 16 heavy (non-hydrogen) atoms. The van der Waals surface area contributed by atoms with Crippen molar-refractivity contribution in [2.45, 2.75) is 38.1 Å². The molecule has 2 rings (SSSR count). The smallest absolute Gasteiger partial charge is 0.317 e. The molecule has 0 aromatic carbocycles. The van der Waals surface area contributed by atoms with E-state index in [2.05, 4.69) is 5.32 Å². The molecule has 1 saturated heterocycles. The molecule has 0 unspecified atom stereocenters. The van der Waals surface area contributed by atoms with Crippen molar-refractivity contribution in [3.05, 3.63) is 0 Å². The van der Waals surface area contributed by atoms with E-state index in [9.17, 15) is 4.79 Å². The van der Waals surface area contributed by atoms with Gasteiger partial charge < -0.3 is 14.8 Å². The van der Waals surface area contributed by atoms with Gasteiger partial charge in [0.25, 0.3) is 0 Å². The Kier molecular flexibility index (Phi) is 3.82. The van der Waals surface area contributed by atoms with Crippen LogP contribution >= 0.6 is 0 Å². The maximum atomic E-state index is 11.6. The summed E-state index contributed by atoms with van der Waals surface area (Å²) >= 11 is 0. The Morgan fingerprint density at radius 2 is 2.06 bits per heavy atom. The van der Waals surface area contributed by atoms with Crippen LogP contribution in [0.2, 0.25) is 0 Å². The lowest BCUT2D eigenvalue weighted by molar-refractivity contribution is -0.182. The predicted molar refractivity (Wildman–Crippen MR) is 60.1 cm³/mol. The Bertz CT molecular complexity index is 245. The normalized spacial score (nSPS) is 24.8. The molecule has 92 valence electrons. The van der Waals surface area contributed by atoms with Gasteiger partial charge in [-0.3, -0.25) is 4.79 Å². The van der Waals surface area contributed by atoms with Crippen LogP contribution in [0.15, 0.2) is 0 Å². The summed E-state index contributed by atoms with van der Waals surface area (Å²) in [5, 5.41) is 3.50. The fourth-order valence-corrected chi connectivity index (χ4v) is 2.50. The van der Waals surface area contributed by atoms with Crippen LogP contribution in [0.1, 0.15) is 32.1 Å². The van der Waals surface area contributed by atoms with Gasteiger partial charge in [0.2, 0.25) is 0 Å². The molecule has 1 saturated carbocycles. The summed E-state index contributed by atoms with van der Waals surface area (Å²) in [5.74, 6) is -0.137. The first-order chi connectivity index (χ1) is 7.77. The SMILES string of the molecule is COC(=O)C1(CNC2CCCCC2)COC1. The monoisotopic (exact) mass is 227 g/mol. The van der Waals surface area contributed by atoms with E-state index in [4.69, 9.17) is 9.47 Å². The minimum atomic E-state index is -0.411. The molecular formula is C12H21NO3. The Morgan fingerprint density at radius 1 is 1.38 bits per heavy atom. The molecule has 1 heterocycles. The Labute approximate surface area is 96.7 Å². The number of carbonyl (C=O) groups is 1. The molecule has 0 radical (unpaired) electrons. The van der Waals surface area contributed by atoms with Gasteiger partial charge in [0.05, 0.1) is 20.3 Å². The number of hydrogen-bond donors (Lipinski definition) is 1. The second-order valence-corrected chi connectivity index (χ2v) is 4.98. The molecule has 2 aliphatic rings. The first kappa shape index (κ1) is 11.9. The van der Waals surface area contributed by atoms with Crippen LogP contribution < -0.4 is 5.32 Å². The van der Waals surface area contributed by atoms with Crippen molar-refractivity contribution in [1.29, 1.82) is 0 Å². The molecule has 4 nitrogen and oxygen atoms in total. The van der Waals surface area contributed by atoms with E-state index in [1.54, 1.807) is 0 Å². The molecule has 1 N–H and O–H groups in total. The molecule has 0 spiro atoms. The molecule has 1 aliphatic heterocycles. The number of esters is 1. The van der Waals surface area contributed by atoms with Crippen LogP contribution in [0.25, 0.3) is 0 Å². The number of methoxy groups -OCH3 is 1. The van der Waals surface area contributed by atoms with Crippen molar-refractivity contribution in [1.82, 2.24) is 5.32 Å². The van der Waals surface area contributed by atoms with Crippen LogP contribution in [0.5, 0.6) is 0 Å². The van der Waals surface area contributed by atoms with Gasteiger partial charge in [-0.15, -0.1) is 0 Å². The van der Waals surface area contributed by atoms with E-state index in [0.717, 1.165) is 0 Å². The van der Waals surface area contributed by atoms with Crippen LogP contribution in [0, 0.1) is 5.41 Å². The lowest BCUT2D eigenvalue weighted by Crippen LogP contribution is -2.57. The van der Waals surface area contributed by atoms with Crippen molar-refractivity contribution in [2.24, 2.45) is 5.41 Å². The maximum Gasteiger partial charge on any atom is 0.317 e. The molecule has 0 bridgehead atoms. The van der Waals surface area contributed by atoms with E-state index in [-0.39, 0.29) is 5.97 Å². The highest BCUT2D eigenvalue weighted by Crippen LogP contribution is 2.29. The second kappa shape index (κ2) is 5.15. The largest absolute Gasteiger partial charge is 0.468 e. The molecule has 1 aliphatic carbocycles. The second-order valence-electron chi connectivity index (χ2n) is 4.98. The summed E-state index contributed by atoms with van der Waals surface area (Å²) in [7, 11) is 1.45. The minimum Gasteiger partial charge on any atom is -0.468 e. The fourth-order valence-electron chi connectivity index (χ4n) is 2.50. The van der Waals surface area contributed by atoms with Gasteiger partial charge in [-0.25, -0.2) is 0 Å². The average Bonchev–Trinajstić information content (AvgIpc) is 2.28. The number of nitrogens with one attached hydrogen (secondary N) is 1. The first-order valence-corrected chi connectivity index (χ1v) is 6.16. The van der Waals surface area contributed by atoms with E-state index in [1.807, 2.05) is 0 Å². The van der Waals surface area contributed by atoms with Crippen LogP contribution in [-0.2, 0) is 14.3 Å². The third kappa shape index (κ3) is 2.38. The van der Waals surface area contributed by atoms with Gasteiger partial charge in [-0.2, -0.15) is 0 Å². The van der Waals surface area contributed by atoms with Crippen molar-refractivity contribution in [3.8, 4) is 0 Å². The number of hydrogen-bond acceptors (Lipinski definition) is 4. The quantitative estimate of drug-likeness (QED) is 0.731. The molecule has 0 aromatic rings. The fraction of sp³-hybridized carbons (Fsp3) is 0.917. The average molecular weight is 227 g/mol. The predicted octanol–water partition coefficient (Wildman–Crippen LogP) is 1.10. The van der Waals surface area contributed by atoms with Crippen molar-refractivity contribution in [2.75, 3.05) is 26.9 Å². The highest BCUT2D eigenvalue weighted by atomic mass is 16.5. The summed E-state index contributed by atoms with van der Waals surface area (Å²) in [6, 6.07) is 0.580. The van der Waals surface area contributed by atoms with E-state index in [1.165, 1.54) is 39.2 Å². The van der Waals surface area contributed by atoms with Crippen LogP contribution in [0.3, 0.4) is 0 Å². The van der Waals surface area contributed by atoms with Gasteiger partial charge in [0, 0.05) is 12.6 Å². The summed E-state index contributed by atoms with van der Waals surface area (Å²) < 4.78 is 10.00.